The van der Waals surface area contributed by atoms with Crippen LogP contribution in [0, 0.1) is 0 Å². The van der Waals surface area contributed by atoms with Crippen molar-refractivity contribution in [2.24, 2.45) is 0 Å². The Morgan fingerprint density at radius 3 is 3.00 bits per heavy atom. The van der Waals surface area contributed by atoms with Gasteiger partial charge in [-0.25, -0.2) is 0 Å². The Labute approximate surface area is 134 Å². The first-order chi connectivity index (χ1) is 10.2. The highest BCUT2D eigenvalue weighted by atomic mass is 35.5. The summed E-state index contributed by atoms with van der Waals surface area (Å²) in [6.45, 7) is 0.886. The molecule has 3 rings (SSSR count). The summed E-state index contributed by atoms with van der Waals surface area (Å²) < 4.78 is 0. The minimum absolute atomic E-state index is 0.255. The second-order valence-corrected chi connectivity index (χ2v) is 6.81. The van der Waals surface area contributed by atoms with Gasteiger partial charge in [-0.1, -0.05) is 29.8 Å². The average molecular weight is 320 g/mol. The maximum absolute atomic E-state index is 12.5. The molecule has 1 aliphatic heterocycles. The third-order valence-electron chi connectivity index (χ3n) is 3.96. The van der Waals surface area contributed by atoms with Crippen molar-refractivity contribution in [3.8, 4) is 0 Å². The van der Waals surface area contributed by atoms with Crippen LogP contribution in [0.2, 0.25) is 5.02 Å². The molecule has 2 aromatic rings. The van der Waals surface area contributed by atoms with Crippen LogP contribution < -0.4 is 0 Å². The molecule has 110 valence electrons. The van der Waals surface area contributed by atoms with Gasteiger partial charge >= 0.3 is 0 Å². The summed E-state index contributed by atoms with van der Waals surface area (Å²) in [4.78, 5) is 15.9. The smallest absolute Gasteiger partial charge is 0.223 e. The molecule has 1 fully saturated rings. The van der Waals surface area contributed by atoms with Crippen molar-refractivity contribution in [1.29, 1.82) is 0 Å². The maximum atomic E-state index is 12.5. The highest BCUT2D eigenvalue weighted by molar-refractivity contribution is 7.10. The van der Waals surface area contributed by atoms with E-state index in [2.05, 4.69) is 22.4 Å². The number of carbonyl (C=O) groups excluding carboxylic acids is 1. The highest BCUT2D eigenvalue weighted by Crippen LogP contribution is 2.34. The number of amides is 1. The number of carbonyl (C=O) groups is 1. The summed E-state index contributed by atoms with van der Waals surface area (Å²) in [6.07, 6.45) is 3.50. The van der Waals surface area contributed by atoms with Gasteiger partial charge in [0.1, 0.15) is 0 Å². The van der Waals surface area contributed by atoms with Gasteiger partial charge in [-0.3, -0.25) is 4.79 Å². The van der Waals surface area contributed by atoms with Gasteiger partial charge in [0.25, 0.3) is 0 Å². The molecule has 0 N–H and O–H groups in total. The van der Waals surface area contributed by atoms with Crippen LogP contribution in [0.4, 0.5) is 0 Å². The van der Waals surface area contributed by atoms with E-state index in [0.717, 1.165) is 36.4 Å². The normalized spacial score (nSPS) is 18.1. The van der Waals surface area contributed by atoms with Crippen LogP contribution in [0.1, 0.15) is 35.7 Å². The standard InChI is InChI=1S/C17H18ClNOS/c18-14-5-1-4-13(12-14)8-9-17(20)19-10-2-6-15(19)16-7-3-11-21-16/h1,3-5,7,11-12,15H,2,6,8-10H2. The highest BCUT2D eigenvalue weighted by Gasteiger charge is 2.29. The summed E-state index contributed by atoms with van der Waals surface area (Å²) in [5, 5.41) is 2.82. The molecule has 1 aliphatic rings. The molecule has 4 heteroatoms. The number of hydrogen-bond acceptors (Lipinski definition) is 2. The zero-order valence-corrected chi connectivity index (χ0v) is 13.4. The Morgan fingerprint density at radius 2 is 2.24 bits per heavy atom. The topological polar surface area (TPSA) is 20.3 Å². The van der Waals surface area contributed by atoms with Crippen molar-refractivity contribution in [2.45, 2.75) is 31.7 Å². The van der Waals surface area contributed by atoms with E-state index >= 15 is 0 Å². The molecule has 0 saturated carbocycles. The minimum Gasteiger partial charge on any atom is -0.335 e. The van der Waals surface area contributed by atoms with Gasteiger partial charge in [0.05, 0.1) is 6.04 Å². The maximum Gasteiger partial charge on any atom is 0.223 e. The number of aryl methyl sites for hydroxylation is 1. The molecule has 2 heterocycles. The first kappa shape index (κ1) is 14.6. The van der Waals surface area contributed by atoms with Crippen LogP contribution in [0.5, 0.6) is 0 Å². The molecule has 1 atom stereocenters. The van der Waals surface area contributed by atoms with Crippen LogP contribution in [0.15, 0.2) is 41.8 Å². The molecule has 1 aromatic carbocycles. The van der Waals surface area contributed by atoms with Crippen molar-refractivity contribution in [2.75, 3.05) is 6.54 Å². The van der Waals surface area contributed by atoms with Crippen molar-refractivity contribution >= 4 is 28.8 Å². The van der Waals surface area contributed by atoms with Gasteiger partial charge in [-0.15, -0.1) is 11.3 Å². The van der Waals surface area contributed by atoms with E-state index in [4.69, 9.17) is 11.6 Å². The third kappa shape index (κ3) is 3.47. The van der Waals surface area contributed by atoms with E-state index in [9.17, 15) is 4.79 Å². The number of thiophene rings is 1. The summed E-state index contributed by atoms with van der Waals surface area (Å²) >= 11 is 7.73. The second-order valence-electron chi connectivity index (χ2n) is 5.39. The first-order valence-corrected chi connectivity index (χ1v) is 8.57. The zero-order chi connectivity index (χ0) is 14.7. The third-order valence-corrected chi connectivity index (χ3v) is 5.17. The van der Waals surface area contributed by atoms with Crippen LogP contribution in [-0.4, -0.2) is 17.4 Å². The van der Waals surface area contributed by atoms with Crippen molar-refractivity contribution in [3.05, 3.63) is 57.2 Å². The number of benzene rings is 1. The van der Waals surface area contributed by atoms with E-state index in [1.54, 1.807) is 11.3 Å². The molecule has 1 amide bonds. The Hall–Kier alpha value is -1.32. The number of hydrogen-bond donors (Lipinski definition) is 0. The Balaban J connectivity index is 1.62. The first-order valence-electron chi connectivity index (χ1n) is 7.31. The van der Waals surface area contributed by atoms with E-state index in [-0.39, 0.29) is 11.9 Å². The lowest BCUT2D eigenvalue weighted by Crippen LogP contribution is -2.30. The Bertz CT molecular complexity index is 611. The molecule has 1 unspecified atom stereocenters. The van der Waals surface area contributed by atoms with Crippen LogP contribution in [0.25, 0.3) is 0 Å². The molecule has 0 aliphatic carbocycles. The summed E-state index contributed by atoms with van der Waals surface area (Å²) in [7, 11) is 0. The summed E-state index contributed by atoms with van der Waals surface area (Å²) in [5.41, 5.74) is 1.13. The molecule has 0 bridgehead atoms. The second kappa shape index (κ2) is 6.63. The molecule has 0 spiro atoms. The molecule has 2 nitrogen and oxygen atoms in total. The van der Waals surface area contributed by atoms with Gasteiger partial charge in [0, 0.05) is 22.9 Å². The predicted octanol–water partition coefficient (Wildman–Crippen LogP) is 4.70. The van der Waals surface area contributed by atoms with E-state index in [0.29, 0.717) is 6.42 Å². The fraction of sp³-hybridized carbons (Fsp3) is 0.353. The van der Waals surface area contributed by atoms with Gasteiger partial charge < -0.3 is 4.90 Å². The number of likely N-dealkylation sites (tertiary alicyclic amines) is 1. The van der Waals surface area contributed by atoms with Crippen LogP contribution in [0.3, 0.4) is 0 Å². The van der Waals surface area contributed by atoms with E-state index < -0.39 is 0 Å². The Morgan fingerprint density at radius 1 is 1.33 bits per heavy atom. The van der Waals surface area contributed by atoms with Crippen LogP contribution in [-0.2, 0) is 11.2 Å². The number of rotatable bonds is 4. The van der Waals surface area contributed by atoms with E-state index in [1.807, 2.05) is 24.3 Å². The SMILES string of the molecule is O=C(CCc1cccc(Cl)c1)N1CCCC1c1cccs1. The van der Waals surface area contributed by atoms with Gasteiger partial charge in [0.2, 0.25) is 5.91 Å². The average Bonchev–Trinajstić information content (AvgIpc) is 3.14. The number of halogens is 1. The zero-order valence-electron chi connectivity index (χ0n) is 11.8. The fourth-order valence-electron chi connectivity index (χ4n) is 2.93. The van der Waals surface area contributed by atoms with Gasteiger partial charge in [-0.2, -0.15) is 0 Å². The molecule has 21 heavy (non-hydrogen) atoms. The lowest BCUT2D eigenvalue weighted by atomic mass is 10.1. The molecule has 0 radical (unpaired) electrons. The lowest BCUT2D eigenvalue weighted by Gasteiger charge is -2.24. The molecular formula is C17H18ClNOS. The van der Waals surface area contributed by atoms with Crippen LogP contribution >= 0.6 is 22.9 Å². The fourth-order valence-corrected chi connectivity index (χ4v) is 4.02. The quantitative estimate of drug-likeness (QED) is 0.800. The summed E-state index contributed by atoms with van der Waals surface area (Å²) in [5.74, 6) is 0.255. The van der Waals surface area contributed by atoms with E-state index in [1.165, 1.54) is 4.88 Å². The van der Waals surface area contributed by atoms with Crippen molar-refractivity contribution in [1.82, 2.24) is 4.90 Å². The molecule has 1 saturated heterocycles. The van der Waals surface area contributed by atoms with Crippen molar-refractivity contribution in [3.63, 3.8) is 0 Å². The molecule has 1 aromatic heterocycles. The van der Waals surface area contributed by atoms with Gasteiger partial charge in [0.15, 0.2) is 0 Å². The predicted molar refractivity (Wildman–Crippen MR) is 87.8 cm³/mol. The molecular weight excluding hydrogens is 302 g/mol. The minimum atomic E-state index is 0.255. The Kier molecular flexibility index (Phi) is 4.61. The number of nitrogens with zero attached hydrogens (tertiary/aromatic N) is 1. The largest absolute Gasteiger partial charge is 0.335 e. The lowest BCUT2D eigenvalue weighted by molar-refractivity contribution is -0.132. The summed E-state index contributed by atoms with van der Waals surface area (Å²) in [6, 6.07) is 12.3. The van der Waals surface area contributed by atoms with Gasteiger partial charge in [-0.05, 0) is 48.4 Å². The monoisotopic (exact) mass is 319 g/mol. The van der Waals surface area contributed by atoms with Crippen molar-refractivity contribution < 1.29 is 4.79 Å².